The molecule has 136 valence electrons. The van der Waals surface area contributed by atoms with Crippen LogP contribution in [0.1, 0.15) is 32.3 Å². The highest BCUT2D eigenvalue weighted by Crippen LogP contribution is 2.22. The van der Waals surface area contributed by atoms with E-state index in [1.807, 2.05) is 26.0 Å². The predicted molar refractivity (Wildman–Crippen MR) is 96.7 cm³/mol. The maximum absolute atomic E-state index is 12.5. The zero-order valence-corrected chi connectivity index (χ0v) is 15.7. The van der Waals surface area contributed by atoms with Crippen molar-refractivity contribution in [3.63, 3.8) is 0 Å². The van der Waals surface area contributed by atoms with Crippen LogP contribution < -0.4 is 9.62 Å². The fourth-order valence-electron chi connectivity index (χ4n) is 2.40. The van der Waals surface area contributed by atoms with Gasteiger partial charge in [0.05, 0.1) is 11.9 Å². The van der Waals surface area contributed by atoms with Crippen molar-refractivity contribution in [2.45, 2.75) is 39.7 Å². The Balaban J connectivity index is 2.90. The standard InChI is InChI=1S/C17H28N2O4S/c1-5-16(17(20)18-12-7-13-23-6-2)19(24(4,21)22)15-10-8-14(3)9-11-15/h8-11,16H,5-7,12-13H2,1-4H3,(H,18,20)/t16-/m0/s1. The molecule has 0 spiro atoms. The van der Waals surface area contributed by atoms with Gasteiger partial charge in [-0.25, -0.2) is 8.42 Å². The van der Waals surface area contributed by atoms with Gasteiger partial charge in [-0.1, -0.05) is 24.6 Å². The van der Waals surface area contributed by atoms with Crippen molar-refractivity contribution in [3.8, 4) is 0 Å². The van der Waals surface area contributed by atoms with Crippen LogP contribution in [0.3, 0.4) is 0 Å². The number of ether oxygens (including phenoxy) is 1. The second kappa shape index (κ2) is 9.64. The van der Waals surface area contributed by atoms with Crippen LogP contribution >= 0.6 is 0 Å². The molecule has 1 aromatic carbocycles. The molecule has 1 N–H and O–H groups in total. The fourth-order valence-corrected chi connectivity index (χ4v) is 3.61. The number of hydrogen-bond acceptors (Lipinski definition) is 4. The molecule has 0 unspecified atom stereocenters. The second-order valence-electron chi connectivity index (χ2n) is 5.66. The van der Waals surface area contributed by atoms with Crippen molar-refractivity contribution in [2.75, 3.05) is 30.3 Å². The molecule has 0 aromatic heterocycles. The number of carbonyl (C=O) groups excluding carboxylic acids is 1. The number of carbonyl (C=O) groups is 1. The lowest BCUT2D eigenvalue weighted by atomic mass is 10.1. The molecule has 1 rings (SSSR count). The molecule has 0 saturated carbocycles. The van der Waals surface area contributed by atoms with E-state index in [9.17, 15) is 13.2 Å². The SMILES string of the molecule is CCOCCCNC(=O)[C@H](CC)N(c1ccc(C)cc1)S(C)(=O)=O. The molecule has 6 nitrogen and oxygen atoms in total. The molecule has 0 aliphatic heterocycles. The summed E-state index contributed by atoms with van der Waals surface area (Å²) in [5.74, 6) is -0.292. The van der Waals surface area contributed by atoms with Crippen LogP contribution in [0, 0.1) is 6.92 Å². The van der Waals surface area contributed by atoms with Gasteiger partial charge in [-0.15, -0.1) is 0 Å². The molecule has 0 aliphatic carbocycles. The van der Waals surface area contributed by atoms with Crippen molar-refractivity contribution in [3.05, 3.63) is 29.8 Å². The highest BCUT2D eigenvalue weighted by molar-refractivity contribution is 7.92. The third-order valence-corrected chi connectivity index (χ3v) is 4.77. The normalized spacial score (nSPS) is 12.7. The summed E-state index contributed by atoms with van der Waals surface area (Å²) in [6.07, 6.45) is 2.20. The Morgan fingerprint density at radius 3 is 2.38 bits per heavy atom. The van der Waals surface area contributed by atoms with Gasteiger partial charge in [-0.3, -0.25) is 9.10 Å². The van der Waals surface area contributed by atoms with Gasteiger partial charge >= 0.3 is 0 Å². The van der Waals surface area contributed by atoms with Gasteiger partial charge in [0.25, 0.3) is 0 Å². The van der Waals surface area contributed by atoms with E-state index in [4.69, 9.17) is 4.74 Å². The monoisotopic (exact) mass is 356 g/mol. The lowest BCUT2D eigenvalue weighted by Crippen LogP contribution is -2.49. The first kappa shape index (κ1) is 20.4. The quantitative estimate of drug-likeness (QED) is 0.651. The maximum Gasteiger partial charge on any atom is 0.243 e. The lowest BCUT2D eigenvalue weighted by molar-refractivity contribution is -0.122. The van der Waals surface area contributed by atoms with E-state index < -0.39 is 16.1 Å². The predicted octanol–water partition coefficient (Wildman–Crippen LogP) is 2.08. The fraction of sp³-hybridized carbons (Fsp3) is 0.588. The van der Waals surface area contributed by atoms with Crippen LogP contribution in [0.5, 0.6) is 0 Å². The molecule has 0 bridgehead atoms. The average molecular weight is 356 g/mol. The zero-order chi connectivity index (χ0) is 18.2. The van der Waals surface area contributed by atoms with Crippen LogP contribution in [0.2, 0.25) is 0 Å². The van der Waals surface area contributed by atoms with Crippen LogP contribution in [-0.2, 0) is 19.6 Å². The highest BCUT2D eigenvalue weighted by Gasteiger charge is 2.31. The van der Waals surface area contributed by atoms with Crippen LogP contribution in [0.25, 0.3) is 0 Å². The number of benzene rings is 1. The lowest BCUT2D eigenvalue weighted by Gasteiger charge is -2.30. The first-order valence-electron chi connectivity index (χ1n) is 8.22. The number of sulfonamides is 1. The Bertz CT molecular complexity index is 614. The summed E-state index contributed by atoms with van der Waals surface area (Å²) in [6, 6.07) is 6.35. The summed E-state index contributed by atoms with van der Waals surface area (Å²) in [4.78, 5) is 12.5. The van der Waals surface area contributed by atoms with Gasteiger partial charge in [0, 0.05) is 19.8 Å². The minimum Gasteiger partial charge on any atom is -0.382 e. The molecule has 1 atom stereocenters. The smallest absolute Gasteiger partial charge is 0.243 e. The topological polar surface area (TPSA) is 75.7 Å². The van der Waals surface area contributed by atoms with Gasteiger partial charge < -0.3 is 10.1 Å². The Labute approximate surface area is 145 Å². The molecule has 7 heteroatoms. The summed E-state index contributed by atoms with van der Waals surface area (Å²) in [5, 5.41) is 2.80. The third kappa shape index (κ3) is 6.13. The van der Waals surface area contributed by atoms with E-state index >= 15 is 0 Å². The Kier molecular flexibility index (Phi) is 8.21. The van der Waals surface area contributed by atoms with Gasteiger partial charge in [-0.2, -0.15) is 0 Å². The first-order chi connectivity index (χ1) is 11.3. The van der Waals surface area contributed by atoms with E-state index in [2.05, 4.69) is 5.32 Å². The Hall–Kier alpha value is -1.60. The number of nitrogens with zero attached hydrogens (tertiary/aromatic N) is 1. The van der Waals surface area contributed by atoms with Crippen LogP contribution in [-0.4, -0.2) is 46.4 Å². The van der Waals surface area contributed by atoms with Crippen molar-refractivity contribution < 1.29 is 17.9 Å². The molecule has 1 aromatic rings. The van der Waals surface area contributed by atoms with Gasteiger partial charge in [-0.05, 0) is 38.8 Å². The minimum absolute atomic E-state index is 0.292. The van der Waals surface area contributed by atoms with Crippen molar-refractivity contribution >= 4 is 21.6 Å². The average Bonchev–Trinajstić information content (AvgIpc) is 2.52. The summed E-state index contributed by atoms with van der Waals surface area (Å²) < 4.78 is 31.0. The Morgan fingerprint density at radius 1 is 1.25 bits per heavy atom. The van der Waals surface area contributed by atoms with Crippen molar-refractivity contribution in [1.29, 1.82) is 0 Å². The second-order valence-corrected chi connectivity index (χ2v) is 7.52. The Morgan fingerprint density at radius 2 is 1.88 bits per heavy atom. The van der Waals surface area contributed by atoms with E-state index in [0.717, 1.165) is 11.8 Å². The summed E-state index contributed by atoms with van der Waals surface area (Å²) in [7, 11) is -3.58. The summed E-state index contributed by atoms with van der Waals surface area (Å²) in [6.45, 7) is 7.31. The number of amides is 1. The highest BCUT2D eigenvalue weighted by atomic mass is 32.2. The van der Waals surface area contributed by atoms with Crippen molar-refractivity contribution in [2.24, 2.45) is 0 Å². The van der Waals surface area contributed by atoms with E-state index in [-0.39, 0.29) is 5.91 Å². The summed E-state index contributed by atoms with van der Waals surface area (Å²) in [5.41, 5.74) is 1.53. The molecule has 1 amide bonds. The summed E-state index contributed by atoms with van der Waals surface area (Å²) >= 11 is 0. The number of aryl methyl sites for hydroxylation is 1. The van der Waals surface area contributed by atoms with E-state index in [0.29, 0.717) is 38.3 Å². The molecular formula is C17H28N2O4S. The number of rotatable bonds is 10. The molecule has 0 aliphatic rings. The van der Waals surface area contributed by atoms with Gasteiger partial charge in [0.2, 0.25) is 15.9 Å². The van der Waals surface area contributed by atoms with Crippen molar-refractivity contribution in [1.82, 2.24) is 5.32 Å². The molecule has 0 fully saturated rings. The maximum atomic E-state index is 12.5. The largest absolute Gasteiger partial charge is 0.382 e. The minimum atomic E-state index is -3.58. The first-order valence-corrected chi connectivity index (χ1v) is 10.1. The van der Waals surface area contributed by atoms with Gasteiger partial charge in [0.1, 0.15) is 6.04 Å². The van der Waals surface area contributed by atoms with Crippen LogP contribution in [0.4, 0.5) is 5.69 Å². The number of anilines is 1. The molecular weight excluding hydrogens is 328 g/mol. The van der Waals surface area contributed by atoms with E-state index in [1.165, 1.54) is 4.31 Å². The zero-order valence-electron chi connectivity index (χ0n) is 14.9. The third-order valence-electron chi connectivity index (χ3n) is 3.59. The van der Waals surface area contributed by atoms with E-state index in [1.54, 1.807) is 19.1 Å². The number of nitrogens with one attached hydrogen (secondary N) is 1. The number of hydrogen-bond donors (Lipinski definition) is 1. The van der Waals surface area contributed by atoms with Crippen LogP contribution in [0.15, 0.2) is 24.3 Å². The molecule has 24 heavy (non-hydrogen) atoms. The molecule has 0 saturated heterocycles. The molecule has 0 radical (unpaired) electrons. The molecule has 0 heterocycles. The van der Waals surface area contributed by atoms with Gasteiger partial charge in [0.15, 0.2) is 0 Å².